The molecule has 1 aromatic carbocycles. The topological polar surface area (TPSA) is 106 Å². The third-order valence-corrected chi connectivity index (χ3v) is 4.47. The van der Waals surface area contributed by atoms with E-state index >= 15 is 0 Å². The van der Waals surface area contributed by atoms with Crippen molar-refractivity contribution in [3.63, 3.8) is 0 Å². The summed E-state index contributed by atoms with van der Waals surface area (Å²) in [6, 6.07) is 3.08. The lowest BCUT2D eigenvalue weighted by molar-refractivity contribution is 0.296. The molecular weight excluding hydrogens is 260 g/mol. The molecule has 0 aromatic heterocycles. The average molecular weight is 276 g/mol. The number of aliphatic hydroxyl groups excluding tert-OH is 1. The van der Waals surface area contributed by atoms with Crippen LogP contribution in [0.3, 0.4) is 0 Å². The van der Waals surface area contributed by atoms with Crippen molar-refractivity contribution in [2.75, 3.05) is 18.1 Å². The number of aliphatic hydroxyl groups is 1. The van der Waals surface area contributed by atoms with E-state index in [0.29, 0.717) is 23.4 Å². The second-order valence-electron chi connectivity index (χ2n) is 3.61. The van der Waals surface area contributed by atoms with E-state index in [0.717, 1.165) is 4.90 Å². The van der Waals surface area contributed by atoms with Gasteiger partial charge in [-0.3, -0.25) is 0 Å². The summed E-state index contributed by atoms with van der Waals surface area (Å²) in [6.45, 7) is 1.80. The number of hydrogen-bond acceptors (Lipinski definition) is 5. The highest BCUT2D eigenvalue weighted by molar-refractivity contribution is 7.99. The number of rotatable bonds is 5. The molecule has 0 aliphatic carbocycles. The summed E-state index contributed by atoms with van der Waals surface area (Å²) in [6.07, 6.45) is 0.642. The van der Waals surface area contributed by atoms with E-state index < -0.39 is 10.0 Å². The predicted molar refractivity (Wildman–Crippen MR) is 69.4 cm³/mol. The van der Waals surface area contributed by atoms with Crippen LogP contribution in [0.1, 0.15) is 12.0 Å². The lowest BCUT2D eigenvalue weighted by Crippen LogP contribution is -2.14. The van der Waals surface area contributed by atoms with Crippen LogP contribution >= 0.6 is 11.8 Å². The van der Waals surface area contributed by atoms with Crippen molar-refractivity contribution in [1.29, 1.82) is 0 Å². The molecule has 1 aromatic rings. The predicted octanol–water partition coefficient (Wildman–Crippen LogP) is 0.699. The summed E-state index contributed by atoms with van der Waals surface area (Å²) in [5.74, 6) is 0.699. The van der Waals surface area contributed by atoms with Gasteiger partial charge in [-0.05, 0) is 31.0 Å². The quantitative estimate of drug-likeness (QED) is 0.417. The summed E-state index contributed by atoms with van der Waals surface area (Å²) in [5, 5.41) is 13.8. The molecule has 0 unspecified atom stereocenters. The zero-order valence-electron chi connectivity index (χ0n) is 9.51. The molecule has 5 nitrogen and oxygen atoms in total. The highest BCUT2D eigenvalue weighted by Crippen LogP contribution is 2.30. The molecule has 0 aliphatic rings. The van der Waals surface area contributed by atoms with E-state index in [-0.39, 0.29) is 11.5 Å². The van der Waals surface area contributed by atoms with Gasteiger partial charge in [-0.2, -0.15) is 0 Å². The minimum Gasteiger partial charge on any atom is -0.399 e. The van der Waals surface area contributed by atoms with Crippen molar-refractivity contribution < 1.29 is 13.5 Å². The molecule has 0 bridgehead atoms. The fourth-order valence-corrected chi connectivity index (χ4v) is 3.32. The molecular formula is C10H16N2O3S2. The van der Waals surface area contributed by atoms with Crippen molar-refractivity contribution in [2.24, 2.45) is 5.14 Å². The molecule has 0 spiro atoms. The first-order chi connectivity index (χ1) is 7.86. The Kier molecular flexibility index (Phi) is 4.81. The van der Waals surface area contributed by atoms with Gasteiger partial charge in [0, 0.05) is 22.9 Å². The Morgan fingerprint density at radius 3 is 2.59 bits per heavy atom. The van der Waals surface area contributed by atoms with Crippen LogP contribution in [0.5, 0.6) is 0 Å². The van der Waals surface area contributed by atoms with E-state index in [4.69, 9.17) is 16.0 Å². The Hall–Kier alpha value is -0.760. The fraction of sp³-hybridized carbons (Fsp3) is 0.400. The molecule has 0 heterocycles. The van der Waals surface area contributed by atoms with Crippen LogP contribution < -0.4 is 10.9 Å². The minimum absolute atomic E-state index is 0.0593. The Morgan fingerprint density at radius 1 is 1.41 bits per heavy atom. The van der Waals surface area contributed by atoms with Crippen molar-refractivity contribution in [3.05, 3.63) is 17.7 Å². The van der Waals surface area contributed by atoms with Crippen LogP contribution in [0.2, 0.25) is 0 Å². The maximum atomic E-state index is 11.4. The maximum absolute atomic E-state index is 11.4. The zero-order chi connectivity index (χ0) is 13.1. The standard InChI is InChI=1S/C10H16N2O3S2/c1-7-9(16-4-2-3-13)5-8(11)6-10(7)17(12,14)15/h5-6,13H,2-4,11H2,1H3,(H2,12,14,15). The third kappa shape index (κ3) is 3.88. The lowest BCUT2D eigenvalue weighted by atomic mass is 10.2. The van der Waals surface area contributed by atoms with Crippen LogP contribution in [0.25, 0.3) is 0 Å². The molecule has 0 amide bonds. The third-order valence-electron chi connectivity index (χ3n) is 2.20. The smallest absolute Gasteiger partial charge is 0.238 e. The van der Waals surface area contributed by atoms with Gasteiger partial charge in [-0.1, -0.05) is 0 Å². The summed E-state index contributed by atoms with van der Waals surface area (Å²) >= 11 is 1.46. The molecule has 0 saturated heterocycles. The van der Waals surface area contributed by atoms with Crippen LogP contribution in [0.4, 0.5) is 5.69 Å². The number of sulfonamides is 1. The molecule has 1 rings (SSSR count). The largest absolute Gasteiger partial charge is 0.399 e. The van der Waals surface area contributed by atoms with E-state index in [1.165, 1.54) is 17.8 Å². The number of primary sulfonamides is 1. The van der Waals surface area contributed by atoms with Crippen molar-refractivity contribution in [1.82, 2.24) is 0 Å². The van der Waals surface area contributed by atoms with Crippen LogP contribution in [0, 0.1) is 6.92 Å². The monoisotopic (exact) mass is 276 g/mol. The van der Waals surface area contributed by atoms with Gasteiger partial charge in [-0.15, -0.1) is 11.8 Å². The summed E-state index contributed by atoms with van der Waals surface area (Å²) in [7, 11) is -3.75. The fourth-order valence-electron chi connectivity index (χ4n) is 1.37. The van der Waals surface area contributed by atoms with Crippen molar-refractivity contribution >= 4 is 27.5 Å². The van der Waals surface area contributed by atoms with Crippen LogP contribution in [0.15, 0.2) is 21.9 Å². The Balaban J connectivity index is 3.11. The number of nitrogen functional groups attached to an aromatic ring is 1. The lowest BCUT2D eigenvalue weighted by Gasteiger charge is -2.10. The molecule has 96 valence electrons. The van der Waals surface area contributed by atoms with Crippen LogP contribution in [-0.2, 0) is 10.0 Å². The Labute approximate surface area is 105 Å². The van der Waals surface area contributed by atoms with Gasteiger partial charge in [-0.25, -0.2) is 13.6 Å². The number of nitrogens with two attached hydrogens (primary N) is 2. The Bertz CT molecular complexity index is 501. The van der Waals surface area contributed by atoms with Crippen LogP contribution in [-0.4, -0.2) is 25.9 Å². The van der Waals surface area contributed by atoms with Gasteiger partial charge in [0.15, 0.2) is 0 Å². The van der Waals surface area contributed by atoms with Gasteiger partial charge in [0.25, 0.3) is 0 Å². The van der Waals surface area contributed by atoms with Crippen molar-refractivity contribution in [2.45, 2.75) is 23.1 Å². The number of hydrogen-bond donors (Lipinski definition) is 3. The Morgan fingerprint density at radius 2 is 2.06 bits per heavy atom. The summed E-state index contributed by atoms with van der Waals surface area (Å²) < 4.78 is 22.7. The molecule has 7 heteroatoms. The molecule has 0 aliphatic heterocycles. The first-order valence-electron chi connectivity index (χ1n) is 5.03. The van der Waals surface area contributed by atoms with Gasteiger partial charge >= 0.3 is 0 Å². The van der Waals surface area contributed by atoms with Gasteiger partial charge in [0.1, 0.15) is 0 Å². The average Bonchev–Trinajstić information content (AvgIpc) is 2.21. The summed E-state index contributed by atoms with van der Waals surface area (Å²) in [5.41, 5.74) is 6.61. The molecule has 0 fully saturated rings. The second kappa shape index (κ2) is 5.72. The van der Waals surface area contributed by atoms with Crippen molar-refractivity contribution in [3.8, 4) is 0 Å². The number of benzene rings is 1. The number of thioether (sulfide) groups is 1. The maximum Gasteiger partial charge on any atom is 0.238 e. The molecule has 0 atom stereocenters. The SMILES string of the molecule is Cc1c(SCCCO)cc(N)cc1S(N)(=O)=O. The second-order valence-corrected chi connectivity index (χ2v) is 6.28. The first-order valence-corrected chi connectivity index (χ1v) is 7.56. The highest BCUT2D eigenvalue weighted by atomic mass is 32.2. The van der Waals surface area contributed by atoms with Gasteiger partial charge < -0.3 is 10.8 Å². The van der Waals surface area contributed by atoms with E-state index in [2.05, 4.69) is 0 Å². The van der Waals surface area contributed by atoms with Gasteiger partial charge in [0.05, 0.1) is 4.90 Å². The molecule has 0 saturated carbocycles. The first kappa shape index (κ1) is 14.3. The number of anilines is 1. The molecule has 17 heavy (non-hydrogen) atoms. The summed E-state index contributed by atoms with van der Waals surface area (Å²) in [4.78, 5) is 0.839. The van der Waals surface area contributed by atoms with E-state index in [1.54, 1.807) is 13.0 Å². The normalized spacial score (nSPS) is 11.7. The molecule has 5 N–H and O–H groups in total. The molecule has 0 radical (unpaired) electrons. The van der Waals surface area contributed by atoms with Gasteiger partial charge in [0.2, 0.25) is 10.0 Å². The minimum atomic E-state index is -3.75. The zero-order valence-corrected chi connectivity index (χ0v) is 11.1. The van der Waals surface area contributed by atoms with E-state index in [9.17, 15) is 8.42 Å². The van der Waals surface area contributed by atoms with E-state index in [1.807, 2.05) is 0 Å². The highest BCUT2D eigenvalue weighted by Gasteiger charge is 2.15.